The first-order valence-corrected chi connectivity index (χ1v) is 7.92. The van der Waals surface area contributed by atoms with E-state index in [-0.39, 0.29) is 6.04 Å². The van der Waals surface area contributed by atoms with Crippen LogP contribution in [0.1, 0.15) is 37.8 Å². The van der Waals surface area contributed by atoms with E-state index in [1.54, 1.807) is 0 Å². The van der Waals surface area contributed by atoms with Crippen LogP contribution >= 0.6 is 0 Å². The Morgan fingerprint density at radius 3 is 2.68 bits per heavy atom. The molecule has 0 spiro atoms. The highest BCUT2D eigenvalue weighted by Crippen LogP contribution is 2.17. The Morgan fingerprint density at radius 2 is 2.18 bits per heavy atom. The number of aldehydes is 1. The Hall–Kier alpha value is -1.65. The van der Waals surface area contributed by atoms with E-state index in [1.807, 2.05) is 31.3 Å². The molecule has 2 unspecified atom stereocenters. The summed E-state index contributed by atoms with van der Waals surface area (Å²) in [5.41, 5.74) is 8.07. The fourth-order valence-electron chi connectivity index (χ4n) is 2.43. The zero-order valence-electron chi connectivity index (χ0n) is 13.6. The molecule has 1 aliphatic heterocycles. The van der Waals surface area contributed by atoms with Crippen molar-refractivity contribution in [1.29, 1.82) is 0 Å². The van der Waals surface area contributed by atoms with Gasteiger partial charge in [0.25, 0.3) is 0 Å². The van der Waals surface area contributed by atoms with Crippen LogP contribution in [0.2, 0.25) is 0 Å². The van der Waals surface area contributed by atoms with E-state index in [0.717, 1.165) is 38.0 Å². The van der Waals surface area contributed by atoms with Crippen molar-refractivity contribution in [2.24, 2.45) is 11.7 Å². The molecule has 122 valence electrons. The summed E-state index contributed by atoms with van der Waals surface area (Å²) in [6, 6.07) is 10.4. The zero-order valence-corrected chi connectivity index (χ0v) is 13.6. The highest BCUT2D eigenvalue weighted by molar-refractivity contribution is 5.49. The number of ether oxygens (including phenoxy) is 1. The van der Waals surface area contributed by atoms with Crippen molar-refractivity contribution in [2.45, 2.75) is 32.2 Å². The number of rotatable bonds is 6. The molecule has 0 saturated carbocycles. The Balaban J connectivity index is 0.000000255. The van der Waals surface area contributed by atoms with Gasteiger partial charge in [-0.15, -0.1) is 0 Å². The third-order valence-electron chi connectivity index (χ3n) is 3.65. The number of allylic oxidation sites excluding steroid dienone is 1. The largest absolute Gasteiger partial charge is 0.401 e. The van der Waals surface area contributed by atoms with Gasteiger partial charge in [0.15, 0.2) is 0 Å². The number of carbonyl (C=O) groups excluding carboxylic acids is 1. The summed E-state index contributed by atoms with van der Waals surface area (Å²) in [5.74, 6) is 0.521. The number of hydrogen-bond acceptors (Lipinski definition) is 4. The minimum atomic E-state index is 0.135. The number of nitrogens with two attached hydrogens (primary N) is 1. The van der Waals surface area contributed by atoms with Crippen LogP contribution in [0.15, 0.2) is 42.1 Å². The summed E-state index contributed by atoms with van der Waals surface area (Å²) in [4.78, 5) is 9.91. The zero-order chi connectivity index (χ0) is 16.2. The lowest BCUT2D eigenvalue weighted by molar-refractivity contribution is -0.108. The van der Waals surface area contributed by atoms with Crippen molar-refractivity contribution < 1.29 is 9.53 Å². The number of likely N-dealkylation sites (N-methyl/N-ethyl adjacent to an activating group) is 1. The Morgan fingerprint density at radius 1 is 1.45 bits per heavy atom. The second-order valence-electron chi connectivity index (χ2n) is 5.38. The normalized spacial score (nSPS) is 19.2. The molecule has 2 atom stereocenters. The van der Waals surface area contributed by atoms with Gasteiger partial charge in [-0.3, -0.25) is 0 Å². The molecule has 4 nitrogen and oxygen atoms in total. The summed E-state index contributed by atoms with van der Waals surface area (Å²) in [6.07, 6.45) is 5.74. The molecule has 1 aliphatic rings. The summed E-state index contributed by atoms with van der Waals surface area (Å²) < 4.78 is 5.05. The van der Waals surface area contributed by atoms with Gasteiger partial charge < -0.3 is 20.6 Å². The van der Waals surface area contributed by atoms with Crippen molar-refractivity contribution in [2.75, 3.05) is 20.3 Å². The van der Waals surface area contributed by atoms with Crippen LogP contribution in [-0.2, 0) is 9.53 Å². The van der Waals surface area contributed by atoms with Gasteiger partial charge in [0.2, 0.25) is 0 Å². The Kier molecular flexibility index (Phi) is 9.19. The molecule has 0 bridgehead atoms. The highest BCUT2D eigenvalue weighted by Gasteiger charge is 2.13. The topological polar surface area (TPSA) is 64.3 Å². The first-order chi connectivity index (χ1) is 10.7. The number of benzene rings is 1. The van der Waals surface area contributed by atoms with Crippen LogP contribution in [0.5, 0.6) is 0 Å². The van der Waals surface area contributed by atoms with Gasteiger partial charge in [0.1, 0.15) is 6.29 Å². The molecule has 2 rings (SSSR count). The minimum Gasteiger partial charge on any atom is -0.401 e. The van der Waals surface area contributed by atoms with E-state index in [1.165, 1.54) is 5.56 Å². The van der Waals surface area contributed by atoms with Crippen LogP contribution in [0.25, 0.3) is 0 Å². The van der Waals surface area contributed by atoms with E-state index in [4.69, 9.17) is 10.5 Å². The van der Waals surface area contributed by atoms with Gasteiger partial charge in [0, 0.05) is 25.3 Å². The first-order valence-electron chi connectivity index (χ1n) is 7.92. The number of nitrogens with one attached hydrogen (secondary N) is 1. The summed E-state index contributed by atoms with van der Waals surface area (Å²) >= 11 is 0. The molecule has 0 radical (unpaired) electrons. The molecular weight excluding hydrogens is 276 g/mol. The molecule has 22 heavy (non-hydrogen) atoms. The molecule has 4 heteroatoms. The van der Waals surface area contributed by atoms with Crippen molar-refractivity contribution in [1.82, 2.24) is 5.32 Å². The van der Waals surface area contributed by atoms with Crippen LogP contribution in [0.4, 0.5) is 0 Å². The van der Waals surface area contributed by atoms with E-state index in [0.29, 0.717) is 12.3 Å². The minimum absolute atomic E-state index is 0.135. The number of hydrogen-bond donors (Lipinski definition) is 2. The molecule has 0 amide bonds. The monoisotopic (exact) mass is 304 g/mol. The van der Waals surface area contributed by atoms with E-state index >= 15 is 0 Å². The maximum absolute atomic E-state index is 9.91. The Bertz CT molecular complexity index is 440. The highest BCUT2D eigenvalue weighted by atomic mass is 16.5. The third-order valence-corrected chi connectivity index (χ3v) is 3.65. The lowest BCUT2D eigenvalue weighted by Gasteiger charge is -2.17. The van der Waals surface area contributed by atoms with Gasteiger partial charge in [-0.2, -0.15) is 0 Å². The summed E-state index contributed by atoms with van der Waals surface area (Å²) in [6.45, 7) is 3.72. The van der Waals surface area contributed by atoms with Crippen LogP contribution < -0.4 is 11.1 Å². The van der Waals surface area contributed by atoms with Gasteiger partial charge in [-0.1, -0.05) is 43.3 Å². The standard InChI is InChI=1S/C12H18N2.C6H10O2/c1-3-7-11(13)12(14-2)10-8-5-4-6-9-10;7-3-1-6-2-4-8-5-6/h4-9,12,14H,3,13H2,1-2H3;3,6H,1-2,4-5H2/b11-7-;. The third kappa shape index (κ3) is 6.41. The summed E-state index contributed by atoms with van der Waals surface area (Å²) in [5, 5.41) is 3.21. The fourth-order valence-corrected chi connectivity index (χ4v) is 2.43. The lowest BCUT2D eigenvalue weighted by Crippen LogP contribution is -2.22. The van der Waals surface area contributed by atoms with Crippen LogP contribution in [0.3, 0.4) is 0 Å². The van der Waals surface area contributed by atoms with Gasteiger partial charge in [-0.25, -0.2) is 0 Å². The van der Waals surface area contributed by atoms with E-state index in [9.17, 15) is 4.79 Å². The van der Waals surface area contributed by atoms with Gasteiger partial charge in [0.05, 0.1) is 6.04 Å². The van der Waals surface area contributed by atoms with E-state index in [2.05, 4.69) is 24.4 Å². The average molecular weight is 304 g/mol. The van der Waals surface area contributed by atoms with Crippen molar-refractivity contribution >= 4 is 6.29 Å². The van der Waals surface area contributed by atoms with Crippen molar-refractivity contribution in [3.05, 3.63) is 47.7 Å². The predicted octanol–water partition coefficient (Wildman–Crippen LogP) is 2.81. The summed E-state index contributed by atoms with van der Waals surface area (Å²) in [7, 11) is 1.92. The van der Waals surface area contributed by atoms with Crippen LogP contribution in [0, 0.1) is 5.92 Å². The smallest absolute Gasteiger partial charge is 0.120 e. The lowest BCUT2D eigenvalue weighted by atomic mass is 10.0. The second kappa shape index (κ2) is 11.0. The van der Waals surface area contributed by atoms with Crippen LogP contribution in [-0.4, -0.2) is 26.5 Å². The van der Waals surface area contributed by atoms with Crippen molar-refractivity contribution in [3.63, 3.8) is 0 Å². The van der Waals surface area contributed by atoms with E-state index < -0.39 is 0 Å². The van der Waals surface area contributed by atoms with Gasteiger partial charge in [-0.05, 0) is 31.4 Å². The molecule has 3 N–H and O–H groups in total. The van der Waals surface area contributed by atoms with Gasteiger partial charge >= 0.3 is 0 Å². The average Bonchev–Trinajstić information content (AvgIpc) is 3.04. The SMILES string of the molecule is CC/C=C(\N)C(NC)c1ccccc1.O=CCC1CCOC1. The predicted molar refractivity (Wildman–Crippen MR) is 90.4 cm³/mol. The molecule has 1 aromatic rings. The maximum Gasteiger partial charge on any atom is 0.120 e. The molecular formula is C18H28N2O2. The molecule has 0 aliphatic carbocycles. The molecule has 1 fully saturated rings. The second-order valence-corrected chi connectivity index (χ2v) is 5.38. The molecule has 1 heterocycles. The molecule has 1 saturated heterocycles. The molecule has 1 aromatic carbocycles. The quantitative estimate of drug-likeness (QED) is 0.793. The maximum atomic E-state index is 9.91. The number of carbonyl (C=O) groups is 1. The first kappa shape index (κ1) is 18.4. The fraction of sp³-hybridized carbons (Fsp3) is 0.500. The Labute approximate surface area is 133 Å². The molecule has 0 aromatic heterocycles. The van der Waals surface area contributed by atoms with Crippen molar-refractivity contribution in [3.8, 4) is 0 Å².